The Balaban J connectivity index is 1.59. The number of rotatable bonds is 3. The number of ether oxygens (including phenoxy) is 1. The van der Waals surface area contributed by atoms with E-state index >= 15 is 0 Å². The van der Waals surface area contributed by atoms with E-state index in [9.17, 15) is 9.18 Å². The number of morpholine rings is 1. The van der Waals surface area contributed by atoms with Gasteiger partial charge in [0.25, 0.3) is 5.91 Å². The fourth-order valence-electron chi connectivity index (χ4n) is 3.90. The van der Waals surface area contributed by atoms with Crippen LogP contribution in [0.25, 0.3) is 0 Å². The number of amides is 1. The molecule has 29 heavy (non-hydrogen) atoms. The molecule has 5 nitrogen and oxygen atoms in total. The summed E-state index contributed by atoms with van der Waals surface area (Å²) in [6, 6.07) is 6.31. The second-order valence-corrected chi connectivity index (χ2v) is 8.14. The first kappa shape index (κ1) is 20.4. The van der Waals surface area contributed by atoms with Crippen molar-refractivity contribution < 1.29 is 13.9 Å². The lowest BCUT2D eigenvalue weighted by Gasteiger charge is -2.36. The number of hydrogen-bond acceptors (Lipinski definition) is 4. The molecule has 1 atom stereocenters. The maximum absolute atomic E-state index is 14.0. The molecule has 0 N–H and O–H groups in total. The Labute approximate surface area is 179 Å². The summed E-state index contributed by atoms with van der Waals surface area (Å²) in [4.78, 5) is 21.5. The van der Waals surface area contributed by atoms with E-state index in [0.29, 0.717) is 41.7 Å². The van der Waals surface area contributed by atoms with Gasteiger partial charge in [0.15, 0.2) is 0 Å². The van der Waals surface area contributed by atoms with Gasteiger partial charge in [0.1, 0.15) is 17.7 Å². The lowest BCUT2D eigenvalue weighted by Crippen LogP contribution is -2.41. The number of piperidine rings is 1. The van der Waals surface area contributed by atoms with Crippen LogP contribution in [0.15, 0.2) is 30.5 Å². The van der Waals surface area contributed by atoms with Gasteiger partial charge in [0.05, 0.1) is 17.2 Å². The van der Waals surface area contributed by atoms with Gasteiger partial charge in [-0.1, -0.05) is 23.2 Å². The number of carbonyl (C=O) groups is 1. The summed E-state index contributed by atoms with van der Waals surface area (Å²) < 4.78 is 19.8. The zero-order chi connectivity index (χ0) is 20.4. The third kappa shape index (κ3) is 4.34. The molecule has 2 aliphatic rings. The first-order valence-corrected chi connectivity index (χ1v) is 10.6. The number of aromatic nitrogens is 1. The van der Waals surface area contributed by atoms with Crippen molar-refractivity contribution in [1.82, 2.24) is 9.88 Å². The number of benzene rings is 1. The number of anilines is 1. The summed E-state index contributed by atoms with van der Waals surface area (Å²) in [5.74, 6) is 0.0962. The van der Waals surface area contributed by atoms with Crippen LogP contribution >= 0.6 is 23.2 Å². The normalized spacial score (nSPS) is 20.0. The molecule has 8 heteroatoms. The van der Waals surface area contributed by atoms with Gasteiger partial charge in [-0.2, -0.15) is 0 Å². The molecule has 0 radical (unpaired) electrons. The van der Waals surface area contributed by atoms with E-state index in [4.69, 9.17) is 27.9 Å². The molecular weight excluding hydrogens is 416 g/mol. The second-order valence-electron chi connectivity index (χ2n) is 7.32. The summed E-state index contributed by atoms with van der Waals surface area (Å²) in [5.41, 5.74) is 1.13. The summed E-state index contributed by atoms with van der Waals surface area (Å²) in [7, 11) is 0. The predicted octanol–water partition coefficient (Wildman–Crippen LogP) is 4.73. The van der Waals surface area contributed by atoms with E-state index in [1.54, 1.807) is 12.3 Å². The highest BCUT2D eigenvalue weighted by atomic mass is 35.5. The highest BCUT2D eigenvalue weighted by Crippen LogP contribution is 2.34. The Morgan fingerprint density at radius 3 is 2.72 bits per heavy atom. The molecule has 0 spiro atoms. The van der Waals surface area contributed by atoms with E-state index < -0.39 is 11.9 Å². The Hall–Kier alpha value is -1.89. The fourth-order valence-corrected chi connectivity index (χ4v) is 4.40. The molecule has 0 aliphatic carbocycles. The van der Waals surface area contributed by atoms with Gasteiger partial charge in [-0.25, -0.2) is 9.37 Å². The summed E-state index contributed by atoms with van der Waals surface area (Å²) in [6.07, 6.45) is 4.46. The van der Waals surface area contributed by atoms with Gasteiger partial charge in [0, 0.05) is 43.0 Å². The number of pyridine rings is 1. The maximum atomic E-state index is 14.0. The molecule has 2 aliphatic heterocycles. The van der Waals surface area contributed by atoms with Crippen LogP contribution in [0.2, 0.25) is 10.0 Å². The van der Waals surface area contributed by atoms with Crippen LogP contribution in [-0.4, -0.2) is 48.6 Å². The standard InChI is InChI=1S/C21H22Cl2FN3O2/c22-16-12-17(23)18(24)11-15(16)19-13-27(9-10-29-19)20-14(5-4-6-25-20)21(28)26-7-2-1-3-8-26/h4-6,11-12,19H,1-3,7-10,13H2. The summed E-state index contributed by atoms with van der Waals surface area (Å²) in [6.45, 7) is 2.97. The number of nitrogens with zero attached hydrogens (tertiary/aromatic N) is 3. The van der Waals surface area contributed by atoms with Gasteiger partial charge in [-0.05, 0) is 43.5 Å². The third-order valence-electron chi connectivity index (χ3n) is 5.41. The SMILES string of the molecule is O=C(c1cccnc1N1CCOC(c2cc(F)c(Cl)cc2Cl)C1)N1CCCCC1. The van der Waals surface area contributed by atoms with Crippen LogP contribution in [0.5, 0.6) is 0 Å². The average molecular weight is 438 g/mol. The molecule has 0 saturated carbocycles. The fraction of sp³-hybridized carbons (Fsp3) is 0.429. The summed E-state index contributed by atoms with van der Waals surface area (Å²) >= 11 is 12.1. The van der Waals surface area contributed by atoms with Crippen molar-refractivity contribution in [2.75, 3.05) is 37.7 Å². The van der Waals surface area contributed by atoms with Crippen LogP contribution in [0.3, 0.4) is 0 Å². The molecule has 0 bridgehead atoms. The van der Waals surface area contributed by atoms with Gasteiger partial charge >= 0.3 is 0 Å². The van der Waals surface area contributed by atoms with Crippen molar-refractivity contribution in [2.45, 2.75) is 25.4 Å². The topological polar surface area (TPSA) is 45.7 Å². The maximum Gasteiger partial charge on any atom is 0.257 e. The van der Waals surface area contributed by atoms with Gasteiger partial charge < -0.3 is 14.5 Å². The van der Waals surface area contributed by atoms with Crippen molar-refractivity contribution >= 4 is 34.9 Å². The van der Waals surface area contributed by atoms with Crippen LogP contribution in [-0.2, 0) is 4.74 Å². The molecule has 1 unspecified atom stereocenters. The highest BCUT2D eigenvalue weighted by Gasteiger charge is 2.29. The molecule has 2 aromatic rings. The minimum absolute atomic E-state index is 0.00594. The minimum atomic E-state index is -0.536. The van der Waals surface area contributed by atoms with Gasteiger partial charge in [-0.15, -0.1) is 0 Å². The van der Waals surface area contributed by atoms with Crippen molar-refractivity contribution in [3.05, 3.63) is 57.5 Å². The highest BCUT2D eigenvalue weighted by molar-refractivity contribution is 6.35. The Bertz CT molecular complexity index is 905. The smallest absolute Gasteiger partial charge is 0.257 e. The van der Waals surface area contributed by atoms with Gasteiger partial charge in [0.2, 0.25) is 0 Å². The quantitative estimate of drug-likeness (QED) is 0.650. The predicted molar refractivity (Wildman–Crippen MR) is 111 cm³/mol. The Morgan fingerprint density at radius 1 is 1.14 bits per heavy atom. The monoisotopic (exact) mass is 437 g/mol. The Kier molecular flexibility index (Phi) is 6.23. The molecule has 154 valence electrons. The van der Waals surface area contributed by atoms with Crippen LogP contribution < -0.4 is 4.90 Å². The summed E-state index contributed by atoms with van der Waals surface area (Å²) in [5, 5.41) is 0.333. The van der Waals surface area contributed by atoms with E-state index in [1.165, 1.54) is 12.1 Å². The molecule has 1 amide bonds. The van der Waals surface area contributed by atoms with E-state index in [0.717, 1.165) is 32.4 Å². The second kappa shape index (κ2) is 8.86. The first-order valence-electron chi connectivity index (χ1n) is 9.80. The molecule has 3 heterocycles. The molecule has 1 aromatic heterocycles. The molecule has 2 saturated heterocycles. The van der Waals surface area contributed by atoms with Crippen LogP contribution in [0.1, 0.15) is 41.3 Å². The van der Waals surface area contributed by atoms with Crippen molar-refractivity contribution in [1.29, 1.82) is 0 Å². The average Bonchev–Trinajstić information content (AvgIpc) is 2.76. The van der Waals surface area contributed by atoms with Crippen LogP contribution in [0, 0.1) is 5.82 Å². The molecular formula is C21H22Cl2FN3O2. The third-order valence-corrected chi connectivity index (χ3v) is 6.03. The number of likely N-dealkylation sites (tertiary alicyclic amines) is 1. The van der Waals surface area contributed by atoms with E-state index in [2.05, 4.69) is 4.98 Å². The molecule has 4 rings (SSSR count). The van der Waals surface area contributed by atoms with E-state index in [1.807, 2.05) is 15.9 Å². The zero-order valence-electron chi connectivity index (χ0n) is 15.9. The number of carbonyl (C=O) groups excluding carboxylic acids is 1. The Morgan fingerprint density at radius 2 is 1.93 bits per heavy atom. The number of halogens is 3. The lowest BCUT2D eigenvalue weighted by atomic mass is 10.1. The zero-order valence-corrected chi connectivity index (χ0v) is 17.4. The lowest BCUT2D eigenvalue weighted by molar-refractivity contribution is 0.0392. The minimum Gasteiger partial charge on any atom is -0.370 e. The van der Waals surface area contributed by atoms with Gasteiger partial charge in [-0.3, -0.25) is 4.79 Å². The first-order chi connectivity index (χ1) is 14.0. The molecule has 1 aromatic carbocycles. The van der Waals surface area contributed by atoms with Crippen molar-refractivity contribution in [3.8, 4) is 0 Å². The van der Waals surface area contributed by atoms with E-state index in [-0.39, 0.29) is 10.9 Å². The number of hydrogen-bond donors (Lipinski definition) is 0. The van der Waals surface area contributed by atoms with Crippen LogP contribution in [0.4, 0.5) is 10.2 Å². The largest absolute Gasteiger partial charge is 0.370 e. The van der Waals surface area contributed by atoms with Crippen molar-refractivity contribution in [2.24, 2.45) is 0 Å². The van der Waals surface area contributed by atoms with Crippen molar-refractivity contribution in [3.63, 3.8) is 0 Å². The molecule has 2 fully saturated rings.